The highest BCUT2D eigenvalue weighted by Gasteiger charge is 2.31. The van der Waals surface area contributed by atoms with Crippen LogP contribution in [0.25, 0.3) is 0 Å². The molecule has 7 nitrogen and oxygen atoms in total. The van der Waals surface area contributed by atoms with E-state index in [2.05, 4.69) is 9.62 Å². The lowest BCUT2D eigenvalue weighted by Gasteiger charge is -2.35. The van der Waals surface area contributed by atoms with Gasteiger partial charge in [-0.15, -0.1) is 0 Å². The van der Waals surface area contributed by atoms with Crippen LogP contribution in [0.3, 0.4) is 0 Å². The molecule has 2 aromatic rings. The van der Waals surface area contributed by atoms with Crippen LogP contribution in [0.4, 0.5) is 5.69 Å². The number of anilines is 1. The topological polar surface area (TPSA) is 79.0 Å². The minimum absolute atomic E-state index is 0.0133. The van der Waals surface area contributed by atoms with Crippen molar-refractivity contribution in [2.45, 2.75) is 37.2 Å². The molecule has 32 heavy (non-hydrogen) atoms. The van der Waals surface area contributed by atoms with E-state index in [4.69, 9.17) is 16.3 Å². The molecule has 0 saturated carbocycles. The van der Waals surface area contributed by atoms with E-state index in [1.54, 1.807) is 23.1 Å². The number of amides is 1. The number of carbonyl (C=O) groups excluding carboxylic acids is 1. The predicted octanol–water partition coefficient (Wildman–Crippen LogP) is 2.99. The van der Waals surface area contributed by atoms with Gasteiger partial charge in [-0.05, 0) is 48.7 Å². The van der Waals surface area contributed by atoms with Gasteiger partial charge in [0.25, 0.3) is 0 Å². The first-order valence-electron chi connectivity index (χ1n) is 10.8. The Bertz CT molecular complexity index is 1100. The largest absolute Gasteiger partial charge is 0.379 e. The second kappa shape index (κ2) is 9.49. The molecule has 1 fully saturated rings. The second-order valence-electron chi connectivity index (χ2n) is 8.27. The van der Waals surface area contributed by atoms with Gasteiger partial charge in [-0.3, -0.25) is 9.69 Å². The quantitative estimate of drug-likeness (QED) is 0.692. The monoisotopic (exact) mass is 477 g/mol. The van der Waals surface area contributed by atoms with Crippen molar-refractivity contribution in [3.8, 4) is 0 Å². The first-order valence-corrected chi connectivity index (χ1v) is 12.6. The Hall–Kier alpha value is -1.97. The van der Waals surface area contributed by atoms with Crippen molar-refractivity contribution in [2.75, 3.05) is 37.7 Å². The molecule has 1 N–H and O–H groups in total. The first kappa shape index (κ1) is 23.2. The minimum atomic E-state index is -3.75. The second-order valence-corrected chi connectivity index (χ2v) is 10.4. The predicted molar refractivity (Wildman–Crippen MR) is 125 cm³/mol. The van der Waals surface area contributed by atoms with Crippen molar-refractivity contribution in [3.05, 3.63) is 58.6 Å². The summed E-state index contributed by atoms with van der Waals surface area (Å²) in [5.74, 6) is -0.0434. The van der Waals surface area contributed by atoms with Crippen LogP contribution in [-0.4, -0.2) is 58.1 Å². The minimum Gasteiger partial charge on any atom is -0.379 e. The van der Waals surface area contributed by atoms with Gasteiger partial charge in [0, 0.05) is 49.4 Å². The number of rotatable bonds is 6. The van der Waals surface area contributed by atoms with Crippen molar-refractivity contribution in [1.82, 2.24) is 9.62 Å². The van der Waals surface area contributed by atoms with Gasteiger partial charge >= 0.3 is 0 Å². The maximum Gasteiger partial charge on any atom is 0.240 e. The van der Waals surface area contributed by atoms with Crippen LogP contribution in [0.1, 0.15) is 31.0 Å². The molecular weight excluding hydrogens is 450 g/mol. The Balaban J connectivity index is 1.56. The average molecular weight is 478 g/mol. The Morgan fingerprint density at radius 2 is 1.94 bits per heavy atom. The zero-order valence-corrected chi connectivity index (χ0v) is 19.8. The van der Waals surface area contributed by atoms with Gasteiger partial charge in [-0.1, -0.05) is 29.8 Å². The first-order chi connectivity index (χ1) is 15.3. The molecule has 1 saturated heterocycles. The zero-order valence-electron chi connectivity index (χ0n) is 18.3. The molecule has 2 aliphatic rings. The number of hydrogen-bond donors (Lipinski definition) is 1. The number of fused-ring (bicyclic) bond motifs is 1. The summed E-state index contributed by atoms with van der Waals surface area (Å²) in [6, 6.07) is 12.3. The fourth-order valence-electron chi connectivity index (χ4n) is 4.60. The smallest absolute Gasteiger partial charge is 0.240 e. The standard InChI is InChI=1S/C23H28ClN3O4S/c1-16-13-18-14-19(7-8-22(18)27(16)17(2)28)32(29,30)25-15-23(26-9-11-31-12-10-26)20-5-3-4-6-21(20)24/h3-8,14,16,23,25H,9-13,15H2,1-2H3/t16-,23+/m1/s1. The molecule has 0 spiro atoms. The molecule has 2 aliphatic heterocycles. The summed E-state index contributed by atoms with van der Waals surface area (Å²) in [4.78, 5) is 16.1. The van der Waals surface area contributed by atoms with E-state index in [0.29, 0.717) is 37.7 Å². The molecule has 9 heteroatoms. The summed E-state index contributed by atoms with van der Waals surface area (Å²) in [6.07, 6.45) is 0.633. The molecule has 0 aliphatic carbocycles. The number of halogens is 1. The van der Waals surface area contributed by atoms with Crippen LogP contribution in [-0.2, 0) is 26.0 Å². The summed E-state index contributed by atoms with van der Waals surface area (Å²) in [7, 11) is -3.75. The number of morpholine rings is 1. The zero-order chi connectivity index (χ0) is 22.9. The number of nitrogens with zero attached hydrogens (tertiary/aromatic N) is 2. The number of ether oxygens (including phenoxy) is 1. The average Bonchev–Trinajstić information content (AvgIpc) is 3.11. The maximum absolute atomic E-state index is 13.2. The van der Waals surface area contributed by atoms with E-state index in [0.717, 1.165) is 16.8 Å². The fraction of sp³-hybridized carbons (Fsp3) is 0.435. The summed E-state index contributed by atoms with van der Waals surface area (Å²) in [6.45, 7) is 6.29. The number of sulfonamides is 1. The van der Waals surface area contributed by atoms with Gasteiger partial charge in [0.15, 0.2) is 0 Å². The van der Waals surface area contributed by atoms with Crippen LogP contribution in [0.2, 0.25) is 5.02 Å². The van der Waals surface area contributed by atoms with Crippen LogP contribution in [0.5, 0.6) is 0 Å². The van der Waals surface area contributed by atoms with E-state index in [1.165, 1.54) is 6.92 Å². The van der Waals surface area contributed by atoms with E-state index in [9.17, 15) is 13.2 Å². The van der Waals surface area contributed by atoms with Crippen LogP contribution in [0.15, 0.2) is 47.4 Å². The highest BCUT2D eigenvalue weighted by Crippen LogP contribution is 2.34. The summed E-state index contributed by atoms with van der Waals surface area (Å²) >= 11 is 6.45. The van der Waals surface area contributed by atoms with Crippen LogP contribution in [0, 0.1) is 0 Å². The van der Waals surface area contributed by atoms with E-state index in [1.807, 2.05) is 31.2 Å². The molecule has 0 bridgehead atoms. The summed E-state index contributed by atoms with van der Waals surface area (Å²) in [5, 5.41) is 0.610. The summed E-state index contributed by atoms with van der Waals surface area (Å²) in [5.41, 5.74) is 2.54. The molecule has 172 valence electrons. The number of nitrogens with one attached hydrogen (secondary N) is 1. The molecule has 2 aromatic carbocycles. The van der Waals surface area contributed by atoms with Crippen molar-refractivity contribution < 1.29 is 17.9 Å². The Morgan fingerprint density at radius 3 is 2.62 bits per heavy atom. The Morgan fingerprint density at radius 1 is 1.22 bits per heavy atom. The highest BCUT2D eigenvalue weighted by molar-refractivity contribution is 7.89. The maximum atomic E-state index is 13.2. The third-order valence-corrected chi connectivity index (χ3v) is 7.90. The molecular formula is C23H28ClN3O4S. The van der Waals surface area contributed by atoms with Crippen LogP contribution >= 0.6 is 11.6 Å². The number of benzene rings is 2. The van der Waals surface area contributed by atoms with E-state index >= 15 is 0 Å². The molecule has 4 rings (SSSR count). The van der Waals surface area contributed by atoms with Gasteiger partial charge < -0.3 is 9.64 Å². The van der Waals surface area contributed by atoms with Gasteiger partial charge in [-0.2, -0.15) is 0 Å². The molecule has 0 unspecified atom stereocenters. The van der Waals surface area contributed by atoms with E-state index < -0.39 is 10.0 Å². The Labute approximate surface area is 194 Å². The fourth-order valence-corrected chi connectivity index (χ4v) is 5.95. The highest BCUT2D eigenvalue weighted by atomic mass is 35.5. The lowest BCUT2D eigenvalue weighted by Crippen LogP contribution is -2.43. The Kier molecular flexibility index (Phi) is 6.88. The number of carbonyl (C=O) groups is 1. The number of hydrogen-bond acceptors (Lipinski definition) is 5. The van der Waals surface area contributed by atoms with Gasteiger partial charge in [0.05, 0.1) is 18.1 Å². The van der Waals surface area contributed by atoms with Gasteiger partial charge in [0.2, 0.25) is 15.9 Å². The SMILES string of the molecule is CC(=O)N1c2ccc(S(=O)(=O)NC[C@@H](c3ccccc3Cl)N3CCOCC3)cc2C[C@H]1C. The van der Waals surface area contributed by atoms with E-state index in [-0.39, 0.29) is 29.4 Å². The van der Waals surface area contributed by atoms with Crippen molar-refractivity contribution in [2.24, 2.45) is 0 Å². The van der Waals surface area contributed by atoms with Gasteiger partial charge in [-0.25, -0.2) is 13.1 Å². The molecule has 2 atom stereocenters. The summed E-state index contributed by atoms with van der Waals surface area (Å²) < 4.78 is 34.6. The van der Waals surface area contributed by atoms with Gasteiger partial charge in [0.1, 0.15) is 0 Å². The molecule has 0 aromatic heterocycles. The molecule has 2 heterocycles. The van der Waals surface area contributed by atoms with Crippen LogP contribution < -0.4 is 9.62 Å². The molecule has 1 amide bonds. The lowest BCUT2D eigenvalue weighted by molar-refractivity contribution is -0.116. The van der Waals surface area contributed by atoms with Crippen molar-refractivity contribution >= 4 is 33.2 Å². The third kappa shape index (κ3) is 4.70. The molecule has 0 radical (unpaired) electrons. The normalized spacial score (nSPS) is 20.2. The third-order valence-electron chi connectivity index (χ3n) is 6.13. The lowest BCUT2D eigenvalue weighted by atomic mass is 10.0. The van der Waals surface area contributed by atoms with Crippen molar-refractivity contribution in [1.29, 1.82) is 0 Å². The van der Waals surface area contributed by atoms with Crippen molar-refractivity contribution in [3.63, 3.8) is 0 Å².